The number of hydrogen-bond donors (Lipinski definition) is 0. The highest BCUT2D eigenvalue weighted by Crippen LogP contribution is 2.36. The molecule has 0 N–H and O–H groups in total. The van der Waals surface area contributed by atoms with E-state index in [0.717, 1.165) is 12.8 Å². The average Bonchev–Trinajstić information content (AvgIpc) is 2.49. The Morgan fingerprint density at radius 3 is 2.50 bits per heavy atom. The van der Waals surface area contributed by atoms with Crippen LogP contribution in [-0.4, -0.2) is 27.0 Å². The highest BCUT2D eigenvalue weighted by atomic mass is 28.4. The third kappa shape index (κ3) is 3.59. The summed E-state index contributed by atoms with van der Waals surface area (Å²) in [5.74, 6) is -0.0580. The molecular weight excluding hydrogens is 220 g/mol. The maximum Gasteiger partial charge on any atom is 0.306 e. The van der Waals surface area contributed by atoms with Crippen molar-refractivity contribution < 1.29 is 14.0 Å². The van der Waals surface area contributed by atoms with Crippen molar-refractivity contribution in [3.8, 4) is 0 Å². The molecule has 1 fully saturated rings. The Balaban J connectivity index is 2.27. The van der Waals surface area contributed by atoms with Crippen LogP contribution in [0.25, 0.3) is 0 Å². The van der Waals surface area contributed by atoms with Crippen LogP contribution in [0.2, 0.25) is 18.1 Å². The van der Waals surface area contributed by atoms with Gasteiger partial charge in [-0.3, -0.25) is 4.79 Å². The van der Waals surface area contributed by atoms with Gasteiger partial charge < -0.3 is 9.16 Å². The van der Waals surface area contributed by atoms with Crippen molar-refractivity contribution in [3.05, 3.63) is 0 Å². The Morgan fingerprint density at radius 1 is 1.44 bits per heavy atom. The van der Waals surface area contributed by atoms with Crippen molar-refractivity contribution in [2.24, 2.45) is 0 Å². The summed E-state index contributed by atoms with van der Waals surface area (Å²) in [5.41, 5.74) is 0. The minimum absolute atomic E-state index is 0.0580. The molecule has 0 saturated carbocycles. The molecule has 3 nitrogen and oxygen atoms in total. The van der Waals surface area contributed by atoms with E-state index in [1.807, 2.05) is 0 Å². The van der Waals surface area contributed by atoms with E-state index in [0.29, 0.717) is 13.0 Å². The second-order valence-electron chi connectivity index (χ2n) is 6.05. The first kappa shape index (κ1) is 13.7. The van der Waals surface area contributed by atoms with Crippen molar-refractivity contribution >= 4 is 14.3 Å². The third-order valence-electron chi connectivity index (χ3n) is 3.68. The van der Waals surface area contributed by atoms with Crippen LogP contribution in [0.15, 0.2) is 0 Å². The summed E-state index contributed by atoms with van der Waals surface area (Å²) in [6.07, 6.45) is 2.38. The molecular formula is C12H24O3Si. The number of carbonyl (C=O) groups is 1. The van der Waals surface area contributed by atoms with Crippen LogP contribution < -0.4 is 0 Å². The molecule has 0 aromatic rings. The summed E-state index contributed by atoms with van der Waals surface area (Å²) in [4.78, 5) is 10.9. The molecule has 0 aromatic carbocycles. The number of hydrogen-bond acceptors (Lipinski definition) is 3. The maximum atomic E-state index is 10.9. The minimum Gasteiger partial charge on any atom is -0.462 e. The molecule has 0 spiro atoms. The zero-order chi connectivity index (χ0) is 12.4. The summed E-state index contributed by atoms with van der Waals surface area (Å²) in [6.45, 7) is 11.9. The summed E-state index contributed by atoms with van der Waals surface area (Å²) >= 11 is 0. The van der Waals surface area contributed by atoms with Crippen LogP contribution in [0.4, 0.5) is 0 Å². The summed E-state index contributed by atoms with van der Waals surface area (Å²) in [5, 5.41) is 0.249. The molecule has 94 valence electrons. The number of ether oxygens (including phenoxy) is 1. The molecule has 0 aromatic heterocycles. The van der Waals surface area contributed by atoms with Gasteiger partial charge in [0.2, 0.25) is 0 Å². The Morgan fingerprint density at radius 2 is 2.06 bits per heavy atom. The second kappa shape index (κ2) is 4.88. The number of rotatable bonds is 4. The van der Waals surface area contributed by atoms with E-state index < -0.39 is 8.32 Å². The molecule has 1 atom stereocenters. The fraction of sp³-hybridized carbons (Fsp3) is 0.917. The molecule has 0 radical (unpaired) electrons. The molecule has 1 saturated heterocycles. The van der Waals surface area contributed by atoms with E-state index in [4.69, 9.17) is 9.16 Å². The molecule has 1 heterocycles. The topological polar surface area (TPSA) is 35.5 Å². The van der Waals surface area contributed by atoms with E-state index in [1.165, 1.54) is 0 Å². The van der Waals surface area contributed by atoms with Gasteiger partial charge in [-0.05, 0) is 24.6 Å². The molecule has 4 heteroatoms. The Kier molecular flexibility index (Phi) is 4.18. The van der Waals surface area contributed by atoms with E-state index >= 15 is 0 Å². The first-order valence-electron chi connectivity index (χ1n) is 6.06. The lowest BCUT2D eigenvalue weighted by atomic mass is 10.2. The SMILES string of the molecule is CC(C)(C)[Si](C)(C)OCC[C@@H]1CCC(=O)O1. The summed E-state index contributed by atoms with van der Waals surface area (Å²) in [6, 6.07) is 0. The summed E-state index contributed by atoms with van der Waals surface area (Å²) < 4.78 is 11.2. The second-order valence-corrected chi connectivity index (χ2v) is 10.9. The van der Waals surface area contributed by atoms with Crippen molar-refractivity contribution in [1.82, 2.24) is 0 Å². The van der Waals surface area contributed by atoms with Crippen LogP contribution >= 0.6 is 0 Å². The van der Waals surface area contributed by atoms with Crippen molar-refractivity contribution in [1.29, 1.82) is 0 Å². The molecule has 1 aliphatic rings. The van der Waals surface area contributed by atoms with Gasteiger partial charge in [-0.1, -0.05) is 20.8 Å². The Hall–Kier alpha value is -0.353. The molecule has 16 heavy (non-hydrogen) atoms. The largest absolute Gasteiger partial charge is 0.462 e. The van der Waals surface area contributed by atoms with Gasteiger partial charge in [-0.25, -0.2) is 0 Å². The monoisotopic (exact) mass is 244 g/mol. The van der Waals surface area contributed by atoms with Crippen LogP contribution in [0.5, 0.6) is 0 Å². The van der Waals surface area contributed by atoms with Gasteiger partial charge in [0.05, 0.1) is 0 Å². The van der Waals surface area contributed by atoms with Gasteiger partial charge >= 0.3 is 5.97 Å². The Labute approximate surface area is 99.6 Å². The van der Waals surface area contributed by atoms with Gasteiger partial charge in [0.15, 0.2) is 8.32 Å². The van der Waals surface area contributed by atoms with E-state index in [1.54, 1.807) is 0 Å². The highest BCUT2D eigenvalue weighted by Gasteiger charge is 2.37. The Bertz CT molecular complexity index is 255. The quantitative estimate of drug-likeness (QED) is 0.563. The highest BCUT2D eigenvalue weighted by molar-refractivity contribution is 6.74. The van der Waals surface area contributed by atoms with Crippen molar-refractivity contribution in [2.75, 3.05) is 6.61 Å². The van der Waals surface area contributed by atoms with Gasteiger partial charge in [-0.2, -0.15) is 0 Å². The fourth-order valence-electron chi connectivity index (χ4n) is 1.45. The van der Waals surface area contributed by atoms with Crippen molar-refractivity contribution in [3.63, 3.8) is 0 Å². The molecule has 1 aliphatic heterocycles. The van der Waals surface area contributed by atoms with Crippen LogP contribution in [0.1, 0.15) is 40.0 Å². The lowest BCUT2D eigenvalue weighted by molar-refractivity contribution is -0.141. The zero-order valence-corrected chi connectivity index (χ0v) is 12.1. The van der Waals surface area contributed by atoms with Gasteiger partial charge in [0.1, 0.15) is 6.10 Å². The van der Waals surface area contributed by atoms with Crippen LogP contribution in [0, 0.1) is 0 Å². The number of cyclic esters (lactones) is 1. The predicted octanol–water partition coefficient (Wildman–Crippen LogP) is 3.10. The molecule has 0 amide bonds. The smallest absolute Gasteiger partial charge is 0.306 e. The third-order valence-corrected chi connectivity index (χ3v) is 8.22. The maximum absolute atomic E-state index is 10.9. The average molecular weight is 244 g/mol. The van der Waals surface area contributed by atoms with Gasteiger partial charge in [-0.15, -0.1) is 0 Å². The van der Waals surface area contributed by atoms with Crippen LogP contribution in [0.3, 0.4) is 0 Å². The first-order chi connectivity index (χ1) is 7.22. The first-order valence-corrected chi connectivity index (χ1v) is 8.97. The van der Waals surface area contributed by atoms with E-state index in [9.17, 15) is 4.79 Å². The van der Waals surface area contributed by atoms with Gasteiger partial charge in [0.25, 0.3) is 0 Å². The number of carbonyl (C=O) groups excluding carboxylic acids is 1. The van der Waals surface area contributed by atoms with E-state index in [-0.39, 0.29) is 17.1 Å². The van der Waals surface area contributed by atoms with Crippen LogP contribution in [-0.2, 0) is 14.0 Å². The normalized spacial score (nSPS) is 22.3. The van der Waals surface area contributed by atoms with E-state index in [2.05, 4.69) is 33.9 Å². The lowest BCUT2D eigenvalue weighted by Gasteiger charge is -2.36. The zero-order valence-electron chi connectivity index (χ0n) is 11.1. The molecule has 0 aliphatic carbocycles. The standard InChI is InChI=1S/C12H24O3Si/c1-12(2,3)16(4,5)14-9-8-10-6-7-11(13)15-10/h10H,6-9H2,1-5H3/t10-/m0/s1. The van der Waals surface area contributed by atoms with Gasteiger partial charge in [0, 0.05) is 19.4 Å². The lowest BCUT2D eigenvalue weighted by Crippen LogP contribution is -2.41. The fourth-order valence-corrected chi connectivity index (χ4v) is 2.51. The summed E-state index contributed by atoms with van der Waals surface area (Å²) in [7, 11) is -1.63. The minimum atomic E-state index is -1.63. The number of esters is 1. The molecule has 0 bridgehead atoms. The predicted molar refractivity (Wildman–Crippen MR) is 66.9 cm³/mol. The molecule has 1 rings (SSSR count). The molecule has 0 unspecified atom stereocenters. The van der Waals surface area contributed by atoms with Crippen molar-refractivity contribution in [2.45, 2.75) is 64.3 Å².